The second kappa shape index (κ2) is 4.48. The lowest BCUT2D eigenvalue weighted by Crippen LogP contribution is -2.17. The number of fused-ring (bicyclic) bond motifs is 1. The molecule has 2 rings (SSSR count). The van der Waals surface area contributed by atoms with E-state index in [2.05, 4.69) is 39.0 Å². The first kappa shape index (κ1) is 11.5. The summed E-state index contributed by atoms with van der Waals surface area (Å²) in [5, 5.41) is 0. The molecule has 0 fully saturated rings. The average Bonchev–Trinajstić information content (AvgIpc) is 2.76. The molecule has 0 bridgehead atoms. The van der Waals surface area contributed by atoms with Crippen LogP contribution in [0.15, 0.2) is 18.2 Å². The molecular weight excluding hydrogens is 196 g/mol. The number of benzene rings is 1. The number of hydrogen-bond donors (Lipinski definition) is 0. The molecule has 1 aromatic rings. The predicted octanol–water partition coefficient (Wildman–Crippen LogP) is 3.99. The van der Waals surface area contributed by atoms with E-state index < -0.39 is 0 Å². The van der Waals surface area contributed by atoms with Crippen LogP contribution in [0.25, 0.3) is 0 Å². The van der Waals surface area contributed by atoms with Crippen molar-refractivity contribution in [2.45, 2.75) is 46.5 Å². The number of ether oxygens (including phenoxy) is 1. The van der Waals surface area contributed by atoms with Crippen molar-refractivity contribution in [3.8, 4) is 5.75 Å². The number of hydrogen-bond acceptors (Lipinski definition) is 1. The van der Waals surface area contributed by atoms with E-state index in [-0.39, 0.29) is 0 Å². The lowest BCUT2D eigenvalue weighted by atomic mass is 9.79. The van der Waals surface area contributed by atoms with Crippen LogP contribution in [0.4, 0.5) is 0 Å². The fourth-order valence-electron chi connectivity index (χ4n) is 2.34. The fraction of sp³-hybridized carbons (Fsp3) is 0.600. The zero-order valence-corrected chi connectivity index (χ0v) is 10.7. The molecule has 0 radical (unpaired) electrons. The Hall–Kier alpha value is -0.980. The van der Waals surface area contributed by atoms with Gasteiger partial charge >= 0.3 is 0 Å². The smallest absolute Gasteiger partial charge is 0.122 e. The first-order chi connectivity index (χ1) is 7.67. The van der Waals surface area contributed by atoms with Gasteiger partial charge in [0.15, 0.2) is 0 Å². The van der Waals surface area contributed by atoms with Gasteiger partial charge in [0.05, 0.1) is 6.61 Å². The fourth-order valence-corrected chi connectivity index (χ4v) is 2.34. The maximum absolute atomic E-state index is 5.54. The Bertz CT molecular complexity index is 364. The summed E-state index contributed by atoms with van der Waals surface area (Å²) in [4.78, 5) is 0. The summed E-state index contributed by atoms with van der Waals surface area (Å²) in [5.74, 6) is 1.10. The molecule has 0 atom stereocenters. The van der Waals surface area contributed by atoms with Crippen LogP contribution in [-0.4, -0.2) is 6.61 Å². The summed E-state index contributed by atoms with van der Waals surface area (Å²) >= 11 is 0. The Balaban J connectivity index is 2.16. The third-order valence-electron chi connectivity index (χ3n) is 4.09. The lowest BCUT2D eigenvalue weighted by molar-refractivity contribution is 0.296. The van der Waals surface area contributed by atoms with Crippen molar-refractivity contribution >= 4 is 0 Å². The summed E-state index contributed by atoms with van der Waals surface area (Å²) in [7, 11) is 0. The molecule has 0 amide bonds. The van der Waals surface area contributed by atoms with Gasteiger partial charge in [0.25, 0.3) is 0 Å². The Morgan fingerprint density at radius 2 is 2.00 bits per heavy atom. The van der Waals surface area contributed by atoms with E-state index in [0.29, 0.717) is 5.41 Å². The highest BCUT2D eigenvalue weighted by molar-refractivity contribution is 5.40. The predicted molar refractivity (Wildman–Crippen MR) is 68.0 cm³/mol. The second-order valence-corrected chi connectivity index (χ2v) is 5.24. The van der Waals surface area contributed by atoms with Crippen LogP contribution in [-0.2, 0) is 12.8 Å². The normalized spacial score (nSPS) is 14.7. The van der Waals surface area contributed by atoms with E-state index in [4.69, 9.17) is 4.74 Å². The molecule has 1 heteroatoms. The molecule has 16 heavy (non-hydrogen) atoms. The maximum atomic E-state index is 5.54. The summed E-state index contributed by atoms with van der Waals surface area (Å²) in [5.41, 5.74) is 3.32. The molecule has 0 saturated carbocycles. The van der Waals surface area contributed by atoms with E-state index in [9.17, 15) is 0 Å². The van der Waals surface area contributed by atoms with Crippen LogP contribution < -0.4 is 4.74 Å². The summed E-state index contributed by atoms with van der Waals surface area (Å²) in [6, 6.07) is 6.71. The molecule has 1 nitrogen and oxygen atoms in total. The van der Waals surface area contributed by atoms with Gasteiger partial charge in [-0.15, -0.1) is 0 Å². The van der Waals surface area contributed by atoms with Crippen LogP contribution in [0.3, 0.4) is 0 Å². The van der Waals surface area contributed by atoms with Gasteiger partial charge in [-0.05, 0) is 29.0 Å². The van der Waals surface area contributed by atoms with E-state index in [1.807, 2.05) is 0 Å². The van der Waals surface area contributed by atoms with Crippen molar-refractivity contribution in [3.05, 3.63) is 29.3 Å². The highest BCUT2D eigenvalue weighted by atomic mass is 16.5. The second-order valence-electron chi connectivity index (χ2n) is 5.24. The monoisotopic (exact) mass is 218 g/mol. The van der Waals surface area contributed by atoms with Crippen molar-refractivity contribution in [1.29, 1.82) is 0 Å². The molecule has 88 valence electrons. The molecule has 1 aliphatic rings. The van der Waals surface area contributed by atoms with E-state index in [1.165, 1.54) is 30.4 Å². The highest BCUT2D eigenvalue weighted by Crippen LogP contribution is 2.33. The Kier molecular flexibility index (Phi) is 3.22. The molecule has 0 unspecified atom stereocenters. The van der Waals surface area contributed by atoms with Gasteiger partial charge in [-0.3, -0.25) is 0 Å². The van der Waals surface area contributed by atoms with Crippen LogP contribution in [0.1, 0.15) is 44.7 Å². The molecule has 0 spiro atoms. The van der Waals surface area contributed by atoms with Crippen LogP contribution in [0.5, 0.6) is 5.75 Å². The van der Waals surface area contributed by atoms with Crippen molar-refractivity contribution in [1.82, 2.24) is 0 Å². The third-order valence-corrected chi connectivity index (χ3v) is 4.09. The molecule has 1 heterocycles. The Morgan fingerprint density at radius 3 is 2.69 bits per heavy atom. The molecule has 0 aromatic heterocycles. The van der Waals surface area contributed by atoms with Gasteiger partial charge in [0.2, 0.25) is 0 Å². The van der Waals surface area contributed by atoms with Gasteiger partial charge < -0.3 is 4.74 Å². The minimum atomic E-state index is 0.452. The molecule has 0 N–H and O–H groups in total. The SMILES string of the molecule is CCC(C)(CC)Cc1ccc2c(c1)CCO2. The zero-order chi connectivity index (χ0) is 11.6. The summed E-state index contributed by atoms with van der Waals surface area (Å²) in [6.07, 6.45) is 4.76. The highest BCUT2D eigenvalue weighted by Gasteiger charge is 2.21. The van der Waals surface area contributed by atoms with E-state index in [0.717, 1.165) is 18.8 Å². The molecule has 1 aliphatic heterocycles. The lowest BCUT2D eigenvalue weighted by Gasteiger charge is -2.26. The van der Waals surface area contributed by atoms with Crippen molar-refractivity contribution in [3.63, 3.8) is 0 Å². The van der Waals surface area contributed by atoms with Crippen LogP contribution in [0, 0.1) is 5.41 Å². The Morgan fingerprint density at radius 1 is 1.25 bits per heavy atom. The zero-order valence-electron chi connectivity index (χ0n) is 10.7. The van der Waals surface area contributed by atoms with Crippen molar-refractivity contribution in [2.75, 3.05) is 6.61 Å². The molecular formula is C15H22O. The van der Waals surface area contributed by atoms with Crippen LogP contribution >= 0.6 is 0 Å². The summed E-state index contributed by atoms with van der Waals surface area (Å²) in [6.45, 7) is 7.83. The first-order valence-corrected chi connectivity index (χ1v) is 6.41. The Labute approximate surface area is 98.8 Å². The molecule has 1 aromatic carbocycles. The minimum Gasteiger partial charge on any atom is -0.493 e. The maximum Gasteiger partial charge on any atom is 0.122 e. The van der Waals surface area contributed by atoms with Gasteiger partial charge in [0.1, 0.15) is 5.75 Å². The topological polar surface area (TPSA) is 9.23 Å². The van der Waals surface area contributed by atoms with Gasteiger partial charge in [-0.25, -0.2) is 0 Å². The summed E-state index contributed by atoms with van der Waals surface area (Å²) < 4.78 is 5.54. The first-order valence-electron chi connectivity index (χ1n) is 6.41. The van der Waals surface area contributed by atoms with E-state index in [1.54, 1.807) is 0 Å². The number of rotatable bonds is 4. The molecule has 0 aliphatic carbocycles. The quantitative estimate of drug-likeness (QED) is 0.742. The van der Waals surface area contributed by atoms with Crippen LogP contribution in [0.2, 0.25) is 0 Å². The average molecular weight is 218 g/mol. The van der Waals surface area contributed by atoms with Gasteiger partial charge in [0, 0.05) is 6.42 Å². The van der Waals surface area contributed by atoms with Gasteiger partial charge in [-0.2, -0.15) is 0 Å². The van der Waals surface area contributed by atoms with Crippen molar-refractivity contribution < 1.29 is 4.74 Å². The van der Waals surface area contributed by atoms with E-state index >= 15 is 0 Å². The third kappa shape index (κ3) is 2.23. The molecule has 0 saturated heterocycles. The van der Waals surface area contributed by atoms with Crippen molar-refractivity contribution in [2.24, 2.45) is 5.41 Å². The standard InChI is InChI=1S/C15H22O/c1-4-15(3,5-2)11-12-6-7-14-13(10-12)8-9-16-14/h6-7,10H,4-5,8-9,11H2,1-3H3. The minimum absolute atomic E-state index is 0.452. The van der Waals surface area contributed by atoms with Gasteiger partial charge in [-0.1, -0.05) is 45.7 Å². The largest absolute Gasteiger partial charge is 0.493 e.